The van der Waals surface area contributed by atoms with Crippen LogP contribution in [0.25, 0.3) is 4.91 Å². The van der Waals surface area contributed by atoms with E-state index in [1.54, 1.807) is 24.1 Å². The topological polar surface area (TPSA) is 82.5 Å². The molecular weight excluding hydrogens is 383 g/mol. The molecule has 3 heterocycles. The van der Waals surface area contributed by atoms with Crippen LogP contribution in [0.15, 0.2) is 53.6 Å². The number of nitro benzene ring substituents is 1. The van der Waals surface area contributed by atoms with Crippen LogP contribution in [0, 0.1) is 15.9 Å². The van der Waals surface area contributed by atoms with E-state index in [1.807, 2.05) is 23.2 Å². The second-order valence-corrected chi connectivity index (χ2v) is 7.58. The zero-order valence-electron chi connectivity index (χ0n) is 15.0. The molecule has 1 aromatic carbocycles. The molecule has 2 aliphatic rings. The van der Waals surface area contributed by atoms with Crippen molar-refractivity contribution in [3.63, 3.8) is 0 Å². The maximum absolute atomic E-state index is 14.2. The summed E-state index contributed by atoms with van der Waals surface area (Å²) in [7, 11) is 0. The summed E-state index contributed by atoms with van der Waals surface area (Å²) in [5, 5.41) is 10.6. The third kappa shape index (κ3) is 3.57. The summed E-state index contributed by atoms with van der Waals surface area (Å²) in [5.74, 6) is -0.271. The Kier molecular flexibility index (Phi) is 4.99. The molecule has 28 heavy (non-hydrogen) atoms. The van der Waals surface area contributed by atoms with Crippen LogP contribution in [-0.2, 0) is 6.54 Å². The van der Waals surface area contributed by atoms with Gasteiger partial charge in [0.1, 0.15) is 5.76 Å². The Morgan fingerprint density at radius 2 is 2.29 bits per heavy atom. The number of hydrogen-bond acceptors (Lipinski definition) is 6. The Bertz CT molecular complexity index is 1010. The first-order chi connectivity index (χ1) is 13.5. The molecule has 0 aliphatic carbocycles. The van der Waals surface area contributed by atoms with Crippen LogP contribution in [0.5, 0.6) is 5.75 Å². The second kappa shape index (κ2) is 7.59. The van der Waals surface area contributed by atoms with Crippen LogP contribution in [0.3, 0.4) is 0 Å². The molecule has 7 nitrogen and oxygen atoms in total. The Morgan fingerprint density at radius 1 is 1.43 bits per heavy atom. The van der Waals surface area contributed by atoms with Gasteiger partial charge in [0, 0.05) is 29.9 Å². The van der Waals surface area contributed by atoms with E-state index < -0.39 is 10.7 Å². The molecule has 4 rings (SSSR count). The first-order valence-electron chi connectivity index (χ1n) is 8.81. The second-order valence-electron chi connectivity index (χ2n) is 6.40. The first-order valence-corrected chi connectivity index (χ1v) is 9.69. The maximum atomic E-state index is 14.2. The van der Waals surface area contributed by atoms with Crippen molar-refractivity contribution in [1.82, 2.24) is 9.55 Å². The number of allylic oxidation sites excluding steroid dienone is 1. The van der Waals surface area contributed by atoms with Gasteiger partial charge in [-0.15, -0.1) is 11.8 Å². The van der Waals surface area contributed by atoms with Gasteiger partial charge in [-0.05, 0) is 24.6 Å². The predicted octanol–water partition coefficient (Wildman–Crippen LogP) is 4.21. The number of ether oxygens (including phenoxy) is 1. The molecule has 144 valence electrons. The molecule has 0 N–H and O–H groups in total. The van der Waals surface area contributed by atoms with Crippen LogP contribution in [-0.4, -0.2) is 32.0 Å². The normalized spacial score (nSPS) is 20.5. The molecule has 0 spiro atoms. The van der Waals surface area contributed by atoms with Gasteiger partial charge in [-0.3, -0.25) is 15.1 Å². The average Bonchev–Trinajstić information content (AvgIpc) is 3.30. The molecule has 0 saturated heterocycles. The Balaban J connectivity index is 1.51. The number of rotatable bonds is 6. The van der Waals surface area contributed by atoms with Crippen molar-refractivity contribution < 1.29 is 14.1 Å². The average molecular weight is 400 g/mol. The molecular formula is C19H17FN4O3S. The van der Waals surface area contributed by atoms with Crippen LogP contribution in [0.4, 0.5) is 10.1 Å². The Hall–Kier alpha value is -2.94. The van der Waals surface area contributed by atoms with Crippen LogP contribution in [0.1, 0.15) is 19.0 Å². The number of thioether (sulfide) groups is 1. The predicted molar refractivity (Wildman–Crippen MR) is 106 cm³/mol. The molecule has 0 bridgehead atoms. The van der Waals surface area contributed by atoms with Gasteiger partial charge in [-0.2, -0.15) is 0 Å². The molecule has 1 aromatic heterocycles. The van der Waals surface area contributed by atoms with Gasteiger partial charge in [0.25, 0.3) is 5.69 Å². The molecule has 0 amide bonds. The molecule has 0 saturated carbocycles. The van der Waals surface area contributed by atoms with Crippen molar-refractivity contribution >= 4 is 28.6 Å². The summed E-state index contributed by atoms with van der Waals surface area (Å²) in [6.45, 7) is 3.02. The van der Waals surface area contributed by atoms with Crippen LogP contribution in [0.2, 0.25) is 0 Å². The summed E-state index contributed by atoms with van der Waals surface area (Å²) in [5.41, 5.74) is 0.563. The van der Waals surface area contributed by atoms with E-state index in [-0.39, 0.29) is 22.7 Å². The van der Waals surface area contributed by atoms with E-state index in [9.17, 15) is 14.5 Å². The minimum atomic E-state index is -0.774. The molecule has 2 aromatic rings. The standard InChI is InChI=1S/C19H17FN4O3S/c1-2-7-23-10-15(22-11-23)18-9-14-19(28-18)17(5-6-21-14)27-16-4-3-12(24(25)26)8-13(16)20/h3-6,8-11,14,19H,2,7H2,1H3. The van der Waals surface area contributed by atoms with Gasteiger partial charge in [0.2, 0.25) is 0 Å². The van der Waals surface area contributed by atoms with Crippen molar-refractivity contribution in [2.45, 2.75) is 31.2 Å². The SMILES string of the molecule is CCCn1cnc(C2=CC3N=CC=C(Oc4ccc([N+](=O)[O-])cc4F)C3S2)c1. The number of imidazole rings is 1. The molecule has 2 unspecified atom stereocenters. The van der Waals surface area contributed by atoms with Crippen molar-refractivity contribution in [2.75, 3.05) is 0 Å². The highest BCUT2D eigenvalue weighted by molar-refractivity contribution is 8.09. The Morgan fingerprint density at radius 3 is 3.04 bits per heavy atom. The number of fused-ring (bicyclic) bond motifs is 1. The van der Waals surface area contributed by atoms with E-state index in [0.717, 1.165) is 29.6 Å². The first kappa shape index (κ1) is 18.4. The van der Waals surface area contributed by atoms with E-state index in [2.05, 4.69) is 16.9 Å². The summed E-state index contributed by atoms with van der Waals surface area (Å²) < 4.78 is 22.0. The number of aryl methyl sites for hydroxylation is 1. The van der Waals surface area contributed by atoms with E-state index in [0.29, 0.717) is 5.76 Å². The summed E-state index contributed by atoms with van der Waals surface area (Å²) in [4.78, 5) is 20.1. The number of hydrogen-bond donors (Lipinski definition) is 0. The number of non-ortho nitro benzene ring substituents is 1. The van der Waals surface area contributed by atoms with Crippen molar-refractivity contribution in [3.05, 3.63) is 70.3 Å². The molecule has 0 fully saturated rings. The summed E-state index contributed by atoms with van der Waals surface area (Å²) >= 11 is 1.57. The number of benzene rings is 1. The fraction of sp³-hybridized carbons (Fsp3) is 0.263. The van der Waals surface area contributed by atoms with Crippen LogP contribution < -0.4 is 4.74 Å². The zero-order valence-corrected chi connectivity index (χ0v) is 15.8. The van der Waals surface area contributed by atoms with Crippen molar-refractivity contribution in [2.24, 2.45) is 4.99 Å². The minimum Gasteiger partial charge on any atom is -0.457 e. The smallest absolute Gasteiger partial charge is 0.272 e. The number of aliphatic imine (C=N–C) groups is 1. The highest BCUT2D eigenvalue weighted by atomic mass is 32.2. The van der Waals surface area contributed by atoms with Crippen LogP contribution >= 0.6 is 11.8 Å². The van der Waals surface area contributed by atoms with Crippen molar-refractivity contribution in [3.8, 4) is 5.75 Å². The van der Waals surface area contributed by atoms with E-state index in [4.69, 9.17) is 4.74 Å². The van der Waals surface area contributed by atoms with Gasteiger partial charge in [-0.25, -0.2) is 9.37 Å². The fourth-order valence-corrected chi connectivity index (χ4v) is 4.31. The largest absolute Gasteiger partial charge is 0.457 e. The lowest BCUT2D eigenvalue weighted by atomic mass is 10.1. The van der Waals surface area contributed by atoms with Gasteiger partial charge < -0.3 is 9.30 Å². The number of dihydropyridines is 1. The van der Waals surface area contributed by atoms with Gasteiger partial charge in [0.15, 0.2) is 11.6 Å². The Labute approximate surface area is 164 Å². The summed E-state index contributed by atoms with van der Waals surface area (Å²) in [6.07, 6.45) is 10.2. The molecule has 9 heteroatoms. The van der Waals surface area contributed by atoms with Gasteiger partial charge >= 0.3 is 0 Å². The molecule has 0 radical (unpaired) electrons. The third-order valence-corrected chi connectivity index (χ3v) is 5.75. The number of nitro groups is 1. The highest BCUT2D eigenvalue weighted by Crippen LogP contribution is 2.44. The van der Waals surface area contributed by atoms with Crippen molar-refractivity contribution in [1.29, 1.82) is 0 Å². The highest BCUT2D eigenvalue weighted by Gasteiger charge is 2.35. The molecule has 2 aliphatic heterocycles. The third-order valence-electron chi connectivity index (χ3n) is 4.39. The lowest BCUT2D eigenvalue weighted by molar-refractivity contribution is -0.385. The van der Waals surface area contributed by atoms with E-state index >= 15 is 0 Å². The summed E-state index contributed by atoms with van der Waals surface area (Å²) in [6, 6.07) is 3.22. The lowest BCUT2D eigenvalue weighted by Crippen LogP contribution is -2.24. The van der Waals surface area contributed by atoms with Gasteiger partial charge in [-0.1, -0.05) is 6.92 Å². The number of halogens is 1. The quantitative estimate of drug-likeness (QED) is 0.536. The molecule has 2 atom stereocenters. The number of aromatic nitrogens is 2. The lowest BCUT2D eigenvalue weighted by Gasteiger charge is -2.22. The van der Waals surface area contributed by atoms with E-state index in [1.165, 1.54) is 12.1 Å². The monoisotopic (exact) mass is 400 g/mol. The number of nitrogens with zero attached hydrogens (tertiary/aromatic N) is 4. The fourth-order valence-electron chi connectivity index (χ4n) is 3.07. The zero-order chi connectivity index (χ0) is 19.7. The minimum absolute atomic E-state index is 0.0489. The van der Waals surface area contributed by atoms with Gasteiger partial charge in [0.05, 0.1) is 34.3 Å². The maximum Gasteiger partial charge on any atom is 0.272 e.